The van der Waals surface area contributed by atoms with Crippen LogP contribution in [-0.2, 0) is 9.59 Å². The summed E-state index contributed by atoms with van der Waals surface area (Å²) >= 11 is 0. The van der Waals surface area contributed by atoms with Crippen molar-refractivity contribution in [1.29, 1.82) is 0 Å². The third-order valence-electron chi connectivity index (χ3n) is 6.84. The van der Waals surface area contributed by atoms with E-state index >= 15 is 0 Å². The van der Waals surface area contributed by atoms with Crippen LogP contribution in [-0.4, -0.2) is 79.5 Å². The lowest BCUT2D eigenvalue weighted by atomic mass is 9.94. The topological polar surface area (TPSA) is 62.3 Å². The molecule has 2 fully saturated rings. The Morgan fingerprint density at radius 1 is 0.903 bits per heavy atom. The van der Waals surface area contributed by atoms with E-state index in [9.17, 15) is 9.59 Å². The van der Waals surface area contributed by atoms with Crippen molar-refractivity contribution in [1.82, 2.24) is 14.7 Å². The highest BCUT2D eigenvalue weighted by atomic mass is 16.5. The van der Waals surface area contributed by atoms with E-state index in [1.54, 1.807) is 25.2 Å². The molecule has 168 valence electrons. The van der Waals surface area contributed by atoms with Crippen molar-refractivity contribution in [3.63, 3.8) is 0 Å². The molecule has 7 nitrogen and oxygen atoms in total. The number of likely N-dealkylation sites (N-methyl/N-ethyl adjacent to an activating group) is 1. The normalized spacial score (nSPS) is 21.3. The maximum Gasteiger partial charge on any atom is 0.278 e. The molecule has 1 saturated carbocycles. The Balaban J connectivity index is 1.75. The Hall–Kier alpha value is -2.54. The average molecular weight is 428 g/mol. The van der Waals surface area contributed by atoms with Gasteiger partial charge in [-0.1, -0.05) is 32.3 Å². The molecule has 1 aromatic carbocycles. The summed E-state index contributed by atoms with van der Waals surface area (Å²) in [6, 6.07) is 5.47. The molecule has 0 radical (unpaired) electrons. The van der Waals surface area contributed by atoms with Gasteiger partial charge in [0, 0.05) is 32.2 Å². The Morgan fingerprint density at radius 3 is 2.19 bits per heavy atom. The quantitative estimate of drug-likeness (QED) is 0.651. The second-order valence-electron chi connectivity index (χ2n) is 8.49. The van der Waals surface area contributed by atoms with Gasteiger partial charge in [0.25, 0.3) is 11.8 Å². The summed E-state index contributed by atoms with van der Waals surface area (Å²) in [5.41, 5.74) is 1.77. The highest BCUT2D eigenvalue weighted by Gasteiger charge is 2.45. The molecule has 2 heterocycles. The van der Waals surface area contributed by atoms with E-state index in [-0.39, 0.29) is 17.9 Å². The lowest BCUT2D eigenvalue weighted by molar-refractivity contribution is -0.141. The third kappa shape index (κ3) is 4.03. The molecule has 1 saturated heterocycles. The number of imide groups is 1. The minimum atomic E-state index is -0.169. The molecule has 2 aliphatic heterocycles. The Bertz CT molecular complexity index is 868. The number of benzene rings is 1. The number of ether oxygens (including phenoxy) is 2. The fourth-order valence-electron chi connectivity index (χ4n) is 5.04. The molecular formula is C24H33N3O4. The number of hydrogen-bond acceptors (Lipinski definition) is 6. The molecule has 4 rings (SSSR count). The van der Waals surface area contributed by atoms with Crippen molar-refractivity contribution in [2.24, 2.45) is 0 Å². The van der Waals surface area contributed by atoms with Gasteiger partial charge in [0.15, 0.2) is 11.5 Å². The molecule has 3 aliphatic rings. The summed E-state index contributed by atoms with van der Waals surface area (Å²) in [7, 11) is 3.17. The summed E-state index contributed by atoms with van der Waals surface area (Å²) < 4.78 is 10.8. The standard InChI is InChI=1S/C24H33N3O4/c1-4-25-12-14-26(15-13-25)22-21(17-10-11-19(30-2)20(16-17)31-3)23(28)27(24(22)29)18-8-6-5-7-9-18/h10-11,16,18H,4-9,12-15H2,1-3H3. The smallest absolute Gasteiger partial charge is 0.278 e. The molecule has 2 amide bonds. The molecule has 0 bridgehead atoms. The van der Waals surface area contributed by atoms with Gasteiger partial charge in [-0.2, -0.15) is 0 Å². The molecule has 1 aromatic rings. The minimum Gasteiger partial charge on any atom is -0.493 e. The van der Waals surface area contributed by atoms with E-state index in [0.717, 1.165) is 58.4 Å². The molecular weight excluding hydrogens is 394 g/mol. The molecule has 0 atom stereocenters. The van der Waals surface area contributed by atoms with E-state index in [2.05, 4.69) is 16.7 Å². The summed E-state index contributed by atoms with van der Waals surface area (Å²) in [5, 5.41) is 0. The molecule has 0 unspecified atom stereocenters. The average Bonchev–Trinajstić information content (AvgIpc) is 3.09. The highest BCUT2D eigenvalue weighted by Crippen LogP contribution is 2.39. The first-order valence-electron chi connectivity index (χ1n) is 11.4. The Morgan fingerprint density at radius 2 is 1.58 bits per heavy atom. The van der Waals surface area contributed by atoms with Crippen molar-refractivity contribution in [3.8, 4) is 11.5 Å². The maximum atomic E-state index is 13.7. The van der Waals surface area contributed by atoms with E-state index in [1.807, 2.05) is 12.1 Å². The van der Waals surface area contributed by atoms with Crippen molar-refractivity contribution in [3.05, 3.63) is 29.5 Å². The molecule has 7 heteroatoms. The number of piperazine rings is 1. The van der Waals surface area contributed by atoms with Gasteiger partial charge in [-0.25, -0.2) is 0 Å². The van der Waals surface area contributed by atoms with Crippen LogP contribution in [0, 0.1) is 0 Å². The van der Waals surface area contributed by atoms with Crippen LogP contribution in [0.25, 0.3) is 5.57 Å². The van der Waals surface area contributed by atoms with Crippen LogP contribution >= 0.6 is 0 Å². The molecule has 31 heavy (non-hydrogen) atoms. The van der Waals surface area contributed by atoms with E-state index < -0.39 is 0 Å². The van der Waals surface area contributed by atoms with Gasteiger partial charge in [0.2, 0.25) is 0 Å². The first-order chi connectivity index (χ1) is 15.1. The molecule has 0 N–H and O–H groups in total. The number of carbonyl (C=O) groups is 2. The zero-order valence-electron chi connectivity index (χ0n) is 18.9. The van der Waals surface area contributed by atoms with Gasteiger partial charge in [-0.3, -0.25) is 14.5 Å². The highest BCUT2D eigenvalue weighted by molar-refractivity contribution is 6.35. The van der Waals surface area contributed by atoms with E-state index in [0.29, 0.717) is 28.3 Å². The number of nitrogens with zero attached hydrogens (tertiary/aromatic N) is 3. The molecule has 0 aromatic heterocycles. The first-order valence-corrected chi connectivity index (χ1v) is 11.4. The first kappa shape index (κ1) is 21.7. The van der Waals surface area contributed by atoms with Crippen LogP contribution in [0.1, 0.15) is 44.6 Å². The van der Waals surface area contributed by atoms with Gasteiger partial charge in [0.05, 0.1) is 19.8 Å². The van der Waals surface area contributed by atoms with Crippen molar-refractivity contribution in [2.45, 2.75) is 45.1 Å². The second kappa shape index (κ2) is 9.30. The summed E-state index contributed by atoms with van der Waals surface area (Å²) in [6.45, 7) is 6.43. The predicted octanol–water partition coefficient (Wildman–Crippen LogP) is 2.75. The van der Waals surface area contributed by atoms with Crippen LogP contribution in [0.3, 0.4) is 0 Å². The number of methoxy groups -OCH3 is 2. The monoisotopic (exact) mass is 427 g/mol. The van der Waals surface area contributed by atoms with Crippen molar-refractivity contribution in [2.75, 3.05) is 46.9 Å². The van der Waals surface area contributed by atoms with Gasteiger partial charge in [0.1, 0.15) is 5.70 Å². The van der Waals surface area contributed by atoms with Gasteiger partial charge < -0.3 is 19.3 Å². The van der Waals surface area contributed by atoms with Crippen LogP contribution in [0.5, 0.6) is 11.5 Å². The zero-order valence-corrected chi connectivity index (χ0v) is 18.9. The van der Waals surface area contributed by atoms with Crippen LogP contribution in [0.2, 0.25) is 0 Å². The SMILES string of the molecule is CCN1CCN(C2=C(c3ccc(OC)c(OC)c3)C(=O)N(C3CCCCC3)C2=O)CC1. The van der Waals surface area contributed by atoms with Crippen LogP contribution in [0.4, 0.5) is 0 Å². The third-order valence-corrected chi connectivity index (χ3v) is 6.84. The zero-order chi connectivity index (χ0) is 22.0. The van der Waals surface area contributed by atoms with E-state index in [1.165, 1.54) is 6.42 Å². The number of rotatable bonds is 6. The van der Waals surface area contributed by atoms with Gasteiger partial charge >= 0.3 is 0 Å². The van der Waals surface area contributed by atoms with Crippen LogP contribution in [0.15, 0.2) is 23.9 Å². The summed E-state index contributed by atoms with van der Waals surface area (Å²) in [5.74, 6) is 0.855. The fourth-order valence-corrected chi connectivity index (χ4v) is 5.04. The predicted molar refractivity (Wildman–Crippen MR) is 119 cm³/mol. The Labute approximate surface area is 184 Å². The molecule has 1 aliphatic carbocycles. The lowest BCUT2D eigenvalue weighted by Gasteiger charge is -2.36. The maximum absolute atomic E-state index is 13.7. The Kier molecular flexibility index (Phi) is 6.51. The van der Waals surface area contributed by atoms with Gasteiger partial charge in [-0.15, -0.1) is 0 Å². The number of carbonyl (C=O) groups excluding carboxylic acids is 2. The van der Waals surface area contributed by atoms with Crippen LogP contribution < -0.4 is 9.47 Å². The second-order valence-corrected chi connectivity index (χ2v) is 8.49. The number of amides is 2. The largest absolute Gasteiger partial charge is 0.493 e. The fraction of sp³-hybridized carbons (Fsp3) is 0.583. The molecule has 0 spiro atoms. The lowest BCUT2D eigenvalue weighted by Crippen LogP contribution is -2.48. The minimum absolute atomic E-state index is 0.00155. The number of hydrogen-bond donors (Lipinski definition) is 0. The van der Waals surface area contributed by atoms with Crippen molar-refractivity contribution < 1.29 is 19.1 Å². The van der Waals surface area contributed by atoms with E-state index in [4.69, 9.17) is 9.47 Å². The van der Waals surface area contributed by atoms with Crippen molar-refractivity contribution >= 4 is 17.4 Å². The summed E-state index contributed by atoms with van der Waals surface area (Å²) in [4.78, 5) is 33.4. The van der Waals surface area contributed by atoms with Gasteiger partial charge in [-0.05, 0) is 37.1 Å². The summed E-state index contributed by atoms with van der Waals surface area (Å²) in [6.07, 6.45) is 5.10.